The largest absolute Gasteiger partial charge is 0.484 e. The van der Waals surface area contributed by atoms with Gasteiger partial charge in [-0.25, -0.2) is 0 Å². The van der Waals surface area contributed by atoms with Gasteiger partial charge in [-0.2, -0.15) is 0 Å². The number of benzene rings is 3. The Morgan fingerprint density at radius 3 is 2.22 bits per heavy atom. The first-order chi connectivity index (χ1) is 15.5. The van der Waals surface area contributed by atoms with Crippen LogP contribution >= 0.6 is 11.6 Å². The number of rotatable bonds is 9. The van der Waals surface area contributed by atoms with Gasteiger partial charge in [0.25, 0.3) is 5.91 Å². The SMILES string of the molecule is CNC(=O)[C@@H](Cc1ccccc1)N(Cc1ccc(C)cc1)C(=O)COc1ccc(Cl)cc1. The zero-order valence-electron chi connectivity index (χ0n) is 18.3. The first-order valence-corrected chi connectivity index (χ1v) is 10.8. The lowest BCUT2D eigenvalue weighted by molar-refractivity contribution is -0.142. The van der Waals surface area contributed by atoms with Gasteiger partial charge in [0.1, 0.15) is 11.8 Å². The molecule has 0 unspecified atom stereocenters. The lowest BCUT2D eigenvalue weighted by atomic mass is 10.0. The number of amides is 2. The van der Waals surface area contributed by atoms with Gasteiger partial charge in [0.05, 0.1) is 0 Å². The van der Waals surface area contributed by atoms with E-state index in [0.717, 1.165) is 16.7 Å². The number of halogens is 1. The second-order valence-corrected chi connectivity index (χ2v) is 8.01. The van der Waals surface area contributed by atoms with Crippen molar-refractivity contribution in [2.75, 3.05) is 13.7 Å². The van der Waals surface area contributed by atoms with Crippen molar-refractivity contribution in [3.8, 4) is 5.75 Å². The molecule has 1 N–H and O–H groups in total. The van der Waals surface area contributed by atoms with E-state index < -0.39 is 6.04 Å². The number of ether oxygens (including phenoxy) is 1. The van der Waals surface area contributed by atoms with Gasteiger partial charge in [0.15, 0.2) is 6.61 Å². The Balaban J connectivity index is 1.85. The van der Waals surface area contributed by atoms with Crippen LogP contribution in [0.4, 0.5) is 0 Å². The van der Waals surface area contributed by atoms with Gasteiger partial charge in [0, 0.05) is 25.0 Å². The predicted molar refractivity (Wildman–Crippen MR) is 127 cm³/mol. The van der Waals surface area contributed by atoms with Crippen molar-refractivity contribution in [1.29, 1.82) is 0 Å². The fraction of sp³-hybridized carbons (Fsp3) is 0.231. The van der Waals surface area contributed by atoms with E-state index in [9.17, 15) is 9.59 Å². The zero-order valence-corrected chi connectivity index (χ0v) is 19.0. The Labute approximate surface area is 194 Å². The Bertz CT molecular complexity index is 1020. The monoisotopic (exact) mass is 450 g/mol. The van der Waals surface area contributed by atoms with E-state index in [0.29, 0.717) is 23.7 Å². The van der Waals surface area contributed by atoms with Crippen molar-refractivity contribution in [3.63, 3.8) is 0 Å². The molecule has 0 aromatic heterocycles. The summed E-state index contributed by atoms with van der Waals surface area (Å²) in [5.41, 5.74) is 3.05. The van der Waals surface area contributed by atoms with E-state index in [1.807, 2.05) is 61.5 Å². The van der Waals surface area contributed by atoms with Gasteiger partial charge in [0.2, 0.25) is 5.91 Å². The minimum Gasteiger partial charge on any atom is -0.484 e. The second kappa shape index (κ2) is 11.3. The van der Waals surface area contributed by atoms with E-state index in [1.54, 1.807) is 36.2 Å². The number of nitrogens with one attached hydrogen (secondary N) is 1. The second-order valence-electron chi connectivity index (χ2n) is 7.57. The third-order valence-electron chi connectivity index (χ3n) is 5.17. The molecule has 5 nitrogen and oxygen atoms in total. The topological polar surface area (TPSA) is 58.6 Å². The van der Waals surface area contributed by atoms with Crippen molar-refractivity contribution < 1.29 is 14.3 Å². The van der Waals surface area contributed by atoms with Crippen LogP contribution < -0.4 is 10.1 Å². The molecule has 3 aromatic rings. The van der Waals surface area contributed by atoms with Crippen LogP contribution in [-0.4, -0.2) is 36.4 Å². The summed E-state index contributed by atoms with van der Waals surface area (Å²) in [6, 6.07) is 23.8. The molecule has 0 saturated carbocycles. The van der Waals surface area contributed by atoms with E-state index in [2.05, 4.69) is 5.32 Å². The van der Waals surface area contributed by atoms with Crippen LogP contribution in [0.15, 0.2) is 78.9 Å². The van der Waals surface area contributed by atoms with Crippen LogP contribution in [0.1, 0.15) is 16.7 Å². The lowest BCUT2D eigenvalue weighted by Crippen LogP contribution is -2.51. The smallest absolute Gasteiger partial charge is 0.261 e. The summed E-state index contributed by atoms with van der Waals surface area (Å²) in [5.74, 6) is 0.0449. The highest BCUT2D eigenvalue weighted by Gasteiger charge is 2.30. The van der Waals surface area contributed by atoms with E-state index in [4.69, 9.17) is 16.3 Å². The maximum atomic E-state index is 13.3. The van der Waals surface area contributed by atoms with Crippen LogP contribution in [0.3, 0.4) is 0 Å². The maximum absolute atomic E-state index is 13.3. The minimum absolute atomic E-state index is 0.185. The number of nitrogens with zero attached hydrogens (tertiary/aromatic N) is 1. The molecule has 0 bridgehead atoms. The highest BCUT2D eigenvalue weighted by Crippen LogP contribution is 2.18. The predicted octanol–water partition coefficient (Wildman–Crippen LogP) is 4.41. The molecule has 0 heterocycles. The molecule has 3 rings (SSSR count). The van der Waals surface area contributed by atoms with Crippen molar-refractivity contribution in [2.45, 2.75) is 25.9 Å². The van der Waals surface area contributed by atoms with Crippen molar-refractivity contribution >= 4 is 23.4 Å². The fourth-order valence-corrected chi connectivity index (χ4v) is 3.50. The van der Waals surface area contributed by atoms with Gasteiger partial charge in [-0.05, 0) is 42.3 Å². The molecule has 32 heavy (non-hydrogen) atoms. The van der Waals surface area contributed by atoms with Gasteiger partial charge >= 0.3 is 0 Å². The summed E-state index contributed by atoms with van der Waals surface area (Å²) >= 11 is 5.92. The number of carbonyl (C=O) groups is 2. The van der Waals surface area contributed by atoms with Gasteiger partial charge in [-0.1, -0.05) is 71.8 Å². The zero-order chi connectivity index (χ0) is 22.9. The van der Waals surface area contributed by atoms with Gasteiger partial charge < -0.3 is 15.0 Å². The third-order valence-corrected chi connectivity index (χ3v) is 5.42. The summed E-state index contributed by atoms with van der Waals surface area (Å²) < 4.78 is 5.69. The fourth-order valence-electron chi connectivity index (χ4n) is 3.37. The van der Waals surface area contributed by atoms with Crippen molar-refractivity contribution in [1.82, 2.24) is 10.2 Å². The number of hydrogen-bond acceptors (Lipinski definition) is 3. The van der Waals surface area contributed by atoms with Gasteiger partial charge in [-0.15, -0.1) is 0 Å². The van der Waals surface area contributed by atoms with E-state index in [-0.39, 0.29) is 18.4 Å². The molecule has 0 aliphatic rings. The molecule has 1 atom stereocenters. The highest BCUT2D eigenvalue weighted by molar-refractivity contribution is 6.30. The molecule has 0 spiro atoms. The van der Waals surface area contributed by atoms with Gasteiger partial charge in [-0.3, -0.25) is 9.59 Å². The molecular weight excluding hydrogens is 424 g/mol. The molecule has 2 amide bonds. The standard InChI is InChI=1S/C26H27ClN2O3/c1-19-8-10-21(11-9-19)17-29(25(30)18-32-23-14-12-22(27)13-15-23)24(26(31)28-2)16-20-6-4-3-5-7-20/h3-15,24H,16-18H2,1-2H3,(H,28,31)/t24-/m1/s1. The summed E-state index contributed by atoms with van der Waals surface area (Å²) in [5, 5.41) is 3.30. The third kappa shape index (κ3) is 6.59. The number of aryl methyl sites for hydroxylation is 1. The molecule has 0 saturated heterocycles. The summed E-state index contributed by atoms with van der Waals surface area (Å²) in [6.07, 6.45) is 0.402. The van der Waals surface area contributed by atoms with Crippen LogP contribution in [0.5, 0.6) is 5.75 Å². The summed E-state index contributed by atoms with van der Waals surface area (Å²) in [7, 11) is 1.58. The number of likely N-dealkylation sites (N-methyl/N-ethyl adjacent to an activating group) is 1. The maximum Gasteiger partial charge on any atom is 0.261 e. The summed E-state index contributed by atoms with van der Waals surface area (Å²) in [6.45, 7) is 2.12. The molecule has 0 radical (unpaired) electrons. The van der Waals surface area contributed by atoms with E-state index >= 15 is 0 Å². The Kier molecular flexibility index (Phi) is 8.28. The van der Waals surface area contributed by atoms with Crippen LogP contribution in [0, 0.1) is 6.92 Å². The molecule has 166 valence electrons. The Morgan fingerprint density at radius 1 is 0.938 bits per heavy atom. The van der Waals surface area contributed by atoms with Crippen molar-refractivity contribution in [2.24, 2.45) is 0 Å². The minimum atomic E-state index is -0.676. The first-order valence-electron chi connectivity index (χ1n) is 10.4. The van der Waals surface area contributed by atoms with Crippen LogP contribution in [0.2, 0.25) is 5.02 Å². The normalized spacial score (nSPS) is 11.5. The molecular formula is C26H27ClN2O3. The van der Waals surface area contributed by atoms with Crippen molar-refractivity contribution in [3.05, 3.63) is 101 Å². The Hall–Kier alpha value is -3.31. The molecule has 6 heteroatoms. The average Bonchev–Trinajstić information content (AvgIpc) is 2.82. The quantitative estimate of drug-likeness (QED) is 0.525. The molecule has 0 aliphatic heterocycles. The molecule has 0 fully saturated rings. The van der Waals surface area contributed by atoms with E-state index in [1.165, 1.54) is 0 Å². The lowest BCUT2D eigenvalue weighted by Gasteiger charge is -2.31. The highest BCUT2D eigenvalue weighted by atomic mass is 35.5. The average molecular weight is 451 g/mol. The van der Waals surface area contributed by atoms with Crippen LogP contribution in [0.25, 0.3) is 0 Å². The van der Waals surface area contributed by atoms with Crippen LogP contribution in [-0.2, 0) is 22.6 Å². The number of hydrogen-bond donors (Lipinski definition) is 1. The summed E-state index contributed by atoms with van der Waals surface area (Å²) in [4.78, 5) is 27.7. The first kappa shape index (κ1) is 23.4. The molecule has 0 aliphatic carbocycles. The number of carbonyl (C=O) groups excluding carboxylic acids is 2. The molecule has 3 aromatic carbocycles. The Morgan fingerprint density at radius 2 is 1.59 bits per heavy atom.